The predicted octanol–water partition coefficient (Wildman–Crippen LogP) is 3.82. The number of aromatic carboxylic acids is 1. The number of rotatable bonds is 8. The van der Waals surface area contributed by atoms with E-state index < -0.39 is 5.97 Å². The highest BCUT2D eigenvalue weighted by Gasteiger charge is 2.19. The highest BCUT2D eigenvalue weighted by molar-refractivity contribution is 5.88. The molecular formula is C23H23N5O4. The van der Waals surface area contributed by atoms with Gasteiger partial charge >= 0.3 is 5.97 Å². The van der Waals surface area contributed by atoms with Gasteiger partial charge in [-0.15, -0.1) is 5.10 Å². The average molecular weight is 433 g/mol. The van der Waals surface area contributed by atoms with Gasteiger partial charge in [0.25, 0.3) is 0 Å². The molecule has 2 heterocycles. The van der Waals surface area contributed by atoms with Crippen LogP contribution in [0.25, 0.3) is 5.65 Å². The maximum absolute atomic E-state index is 11.7. The normalized spacial score (nSPS) is 10.7. The number of anilines is 3. The van der Waals surface area contributed by atoms with Crippen LogP contribution in [0.15, 0.2) is 60.8 Å². The Balaban J connectivity index is 1.75. The summed E-state index contributed by atoms with van der Waals surface area (Å²) in [5.74, 6) is 0.777. The van der Waals surface area contributed by atoms with Gasteiger partial charge in [0.2, 0.25) is 0 Å². The zero-order valence-electron chi connectivity index (χ0n) is 17.9. The van der Waals surface area contributed by atoms with E-state index in [1.54, 1.807) is 14.2 Å². The van der Waals surface area contributed by atoms with Crippen LogP contribution in [0.1, 0.15) is 16.1 Å². The highest BCUT2D eigenvalue weighted by atomic mass is 16.5. The number of fused-ring (bicyclic) bond motifs is 1. The lowest BCUT2D eigenvalue weighted by Gasteiger charge is -2.21. The number of nitrogens with one attached hydrogen (secondary N) is 1. The summed E-state index contributed by atoms with van der Waals surface area (Å²) in [7, 11) is 5.13. The average Bonchev–Trinajstić information content (AvgIpc) is 3.23. The van der Waals surface area contributed by atoms with Gasteiger partial charge in [-0.3, -0.25) is 0 Å². The molecule has 0 amide bonds. The van der Waals surface area contributed by atoms with Gasteiger partial charge in [0.1, 0.15) is 11.5 Å². The number of ether oxygens (including phenoxy) is 2. The Morgan fingerprint density at radius 1 is 1.12 bits per heavy atom. The van der Waals surface area contributed by atoms with Gasteiger partial charge in [-0.25, -0.2) is 14.3 Å². The first-order valence-electron chi connectivity index (χ1n) is 9.86. The molecule has 9 heteroatoms. The smallest absolute Gasteiger partial charge is 0.356 e. The molecule has 0 saturated heterocycles. The van der Waals surface area contributed by atoms with Crippen LogP contribution in [0.3, 0.4) is 0 Å². The van der Waals surface area contributed by atoms with Crippen molar-refractivity contribution in [3.8, 4) is 11.5 Å². The van der Waals surface area contributed by atoms with Gasteiger partial charge in [0, 0.05) is 19.7 Å². The highest BCUT2D eigenvalue weighted by Crippen LogP contribution is 2.30. The summed E-state index contributed by atoms with van der Waals surface area (Å²) in [6.07, 6.45) is 1.31. The third kappa shape index (κ3) is 4.13. The van der Waals surface area contributed by atoms with Crippen LogP contribution in [-0.2, 0) is 6.54 Å². The van der Waals surface area contributed by atoms with Gasteiger partial charge in [-0.05, 0) is 29.8 Å². The Hall–Kier alpha value is -4.27. The van der Waals surface area contributed by atoms with Crippen LogP contribution < -0.4 is 19.7 Å². The SMILES string of the molecule is COc1ccc(CN(C)c2cc(Nc3ccccc3OC)nn3c(C(=O)O)cnc23)cc1. The molecule has 2 aromatic carbocycles. The summed E-state index contributed by atoms with van der Waals surface area (Å²) in [4.78, 5) is 18.0. The minimum Gasteiger partial charge on any atom is -0.497 e. The van der Waals surface area contributed by atoms with E-state index in [4.69, 9.17) is 9.47 Å². The van der Waals surface area contributed by atoms with Crippen LogP contribution in [0.4, 0.5) is 17.2 Å². The molecule has 4 aromatic rings. The van der Waals surface area contributed by atoms with E-state index in [-0.39, 0.29) is 5.69 Å². The fourth-order valence-corrected chi connectivity index (χ4v) is 3.42. The van der Waals surface area contributed by atoms with Crippen LogP contribution in [-0.4, -0.2) is 46.9 Å². The molecule has 0 aliphatic carbocycles. The molecule has 0 radical (unpaired) electrons. The molecule has 0 unspecified atom stereocenters. The number of carboxylic acids is 1. The number of imidazole rings is 1. The third-order valence-corrected chi connectivity index (χ3v) is 5.03. The van der Waals surface area contributed by atoms with Gasteiger partial charge in [0.05, 0.1) is 31.8 Å². The Morgan fingerprint density at radius 2 is 1.88 bits per heavy atom. The Labute approximate surface area is 184 Å². The summed E-state index contributed by atoms with van der Waals surface area (Å²) in [6.45, 7) is 0.576. The Bertz CT molecular complexity index is 1250. The number of carbonyl (C=O) groups is 1. The van der Waals surface area contributed by atoms with Crippen LogP contribution in [0, 0.1) is 0 Å². The lowest BCUT2D eigenvalue weighted by atomic mass is 10.2. The molecule has 0 aliphatic rings. The number of hydrogen-bond acceptors (Lipinski definition) is 7. The first-order valence-corrected chi connectivity index (χ1v) is 9.86. The van der Waals surface area contributed by atoms with Crippen molar-refractivity contribution in [2.45, 2.75) is 6.54 Å². The molecule has 0 saturated carbocycles. The van der Waals surface area contributed by atoms with E-state index in [9.17, 15) is 9.90 Å². The Morgan fingerprint density at radius 3 is 2.56 bits per heavy atom. The molecule has 0 aliphatic heterocycles. The summed E-state index contributed by atoms with van der Waals surface area (Å²) in [5, 5.41) is 17.3. The topological polar surface area (TPSA) is 101 Å². The van der Waals surface area contributed by atoms with Gasteiger partial charge < -0.3 is 24.8 Å². The van der Waals surface area contributed by atoms with Crippen molar-refractivity contribution in [3.63, 3.8) is 0 Å². The van der Waals surface area contributed by atoms with E-state index >= 15 is 0 Å². The number of methoxy groups -OCH3 is 2. The van der Waals surface area contributed by atoms with Crippen molar-refractivity contribution in [2.24, 2.45) is 0 Å². The maximum atomic E-state index is 11.7. The first kappa shape index (κ1) is 21.0. The predicted molar refractivity (Wildman–Crippen MR) is 121 cm³/mol. The molecule has 0 spiro atoms. The minimum absolute atomic E-state index is 0.0252. The third-order valence-electron chi connectivity index (χ3n) is 5.03. The summed E-state index contributed by atoms with van der Waals surface area (Å²) in [6, 6.07) is 17.0. The molecule has 0 atom stereocenters. The van der Waals surface area contributed by atoms with Gasteiger partial charge in [-0.1, -0.05) is 24.3 Å². The number of carboxylic acid groups (broad SMARTS) is 1. The van der Waals surface area contributed by atoms with Crippen LogP contribution in [0.5, 0.6) is 11.5 Å². The first-order chi connectivity index (χ1) is 15.5. The van der Waals surface area contributed by atoms with Crippen molar-refractivity contribution in [3.05, 3.63) is 72.1 Å². The van der Waals surface area contributed by atoms with Crippen molar-refractivity contribution in [1.29, 1.82) is 0 Å². The van der Waals surface area contributed by atoms with E-state index in [0.717, 1.165) is 17.0 Å². The van der Waals surface area contributed by atoms with Gasteiger partial charge in [0.15, 0.2) is 17.2 Å². The fourth-order valence-electron chi connectivity index (χ4n) is 3.42. The van der Waals surface area contributed by atoms with E-state index in [0.29, 0.717) is 29.4 Å². The van der Waals surface area contributed by atoms with Crippen molar-refractivity contribution >= 4 is 28.8 Å². The number of hydrogen-bond donors (Lipinski definition) is 2. The zero-order chi connectivity index (χ0) is 22.7. The zero-order valence-corrected chi connectivity index (χ0v) is 17.9. The summed E-state index contributed by atoms with van der Waals surface area (Å²) < 4.78 is 12.0. The second kappa shape index (κ2) is 8.84. The molecule has 9 nitrogen and oxygen atoms in total. The number of nitrogens with zero attached hydrogens (tertiary/aromatic N) is 4. The molecule has 0 bridgehead atoms. The minimum atomic E-state index is -1.11. The van der Waals surface area contributed by atoms with Crippen molar-refractivity contribution < 1.29 is 19.4 Å². The monoisotopic (exact) mass is 433 g/mol. The second-order valence-corrected chi connectivity index (χ2v) is 7.13. The summed E-state index contributed by atoms with van der Waals surface area (Å²) in [5.41, 5.74) is 2.92. The van der Waals surface area contributed by atoms with E-state index in [2.05, 4.69) is 15.4 Å². The second-order valence-electron chi connectivity index (χ2n) is 7.13. The number of aromatic nitrogens is 3. The number of benzene rings is 2. The molecule has 32 heavy (non-hydrogen) atoms. The lowest BCUT2D eigenvalue weighted by Crippen LogP contribution is -2.19. The largest absolute Gasteiger partial charge is 0.497 e. The lowest BCUT2D eigenvalue weighted by molar-refractivity contribution is 0.0688. The molecule has 0 fully saturated rings. The van der Waals surface area contributed by atoms with Crippen molar-refractivity contribution in [2.75, 3.05) is 31.5 Å². The fraction of sp³-hybridized carbons (Fsp3) is 0.174. The van der Waals surface area contributed by atoms with E-state index in [1.165, 1.54) is 10.7 Å². The standard InChI is InChI=1S/C23H23N5O4/c1-27(14-15-8-10-16(31-2)11-9-15)18-12-21(25-17-6-4-5-7-20(17)32-3)26-28-19(23(29)30)13-24-22(18)28/h4-13H,14H2,1-3H3,(H,25,26)(H,29,30). The molecule has 2 aromatic heterocycles. The molecular weight excluding hydrogens is 410 g/mol. The Kier molecular flexibility index (Phi) is 5.80. The van der Waals surface area contributed by atoms with Crippen LogP contribution >= 0.6 is 0 Å². The van der Waals surface area contributed by atoms with E-state index in [1.807, 2.05) is 66.5 Å². The maximum Gasteiger partial charge on any atom is 0.356 e. The summed E-state index contributed by atoms with van der Waals surface area (Å²) >= 11 is 0. The molecule has 164 valence electrons. The quantitative estimate of drug-likeness (QED) is 0.432. The number of para-hydroxylation sites is 2. The molecule has 4 rings (SSSR count). The van der Waals surface area contributed by atoms with Crippen LogP contribution in [0.2, 0.25) is 0 Å². The van der Waals surface area contributed by atoms with Gasteiger partial charge in [-0.2, -0.15) is 0 Å². The van der Waals surface area contributed by atoms with Crippen molar-refractivity contribution in [1.82, 2.24) is 14.6 Å². The molecule has 2 N–H and O–H groups in total.